The number of aliphatic hydroxyl groups is 1. The van der Waals surface area contributed by atoms with Crippen LogP contribution in [0.1, 0.15) is 323 Å². The van der Waals surface area contributed by atoms with Crippen molar-refractivity contribution in [2.75, 3.05) is 39.6 Å². The summed E-state index contributed by atoms with van der Waals surface area (Å²) in [5.74, 6) is -2.22. The number of carbonyl (C=O) groups is 4. The van der Waals surface area contributed by atoms with Crippen LogP contribution in [-0.4, -0.2) is 96.7 Å². The lowest BCUT2D eigenvalue weighted by Crippen LogP contribution is -2.30. The van der Waals surface area contributed by atoms with Gasteiger partial charge in [-0.2, -0.15) is 0 Å². The molecule has 3 N–H and O–H groups in total. The van der Waals surface area contributed by atoms with E-state index in [4.69, 9.17) is 37.0 Å². The third kappa shape index (κ3) is 75.4. The van der Waals surface area contributed by atoms with E-state index in [0.29, 0.717) is 25.7 Å². The SMILES string of the molecule is CC/C=C\C/C=C\C/C=C\C/C=C\CCCCCCCCC(=O)OCC(COP(=O)(O)OCC(O)COP(=O)(O)OCC(COC(=O)CCCCCCCCC/C=C\C/C=C\C/C=C\CC)OC(=O)CCCCCCC/C=C\CCCCCC)OC(=O)CCCCCCC/C=C\C/C=C\C/C=C\CC. The van der Waals surface area contributed by atoms with Gasteiger partial charge in [0.25, 0.3) is 0 Å². The van der Waals surface area contributed by atoms with Gasteiger partial charge in [-0.3, -0.25) is 37.3 Å². The summed E-state index contributed by atoms with van der Waals surface area (Å²) in [4.78, 5) is 73.1. The number of hydrogen-bond donors (Lipinski definition) is 3. The fourth-order valence-corrected chi connectivity index (χ4v) is 12.1. The summed E-state index contributed by atoms with van der Waals surface area (Å²) in [6.45, 7) is 4.49. The minimum Gasteiger partial charge on any atom is -0.462 e. The Balaban J connectivity index is 5.38. The summed E-state index contributed by atoms with van der Waals surface area (Å²) in [6, 6.07) is 0. The molecule has 0 aromatic rings. The fourth-order valence-electron chi connectivity index (χ4n) is 10.5. The van der Waals surface area contributed by atoms with Gasteiger partial charge in [0.05, 0.1) is 26.4 Å². The van der Waals surface area contributed by atoms with Crippen LogP contribution in [0.15, 0.2) is 134 Å². The van der Waals surface area contributed by atoms with Gasteiger partial charge in [-0.15, -0.1) is 0 Å². The van der Waals surface area contributed by atoms with Crippen molar-refractivity contribution in [2.45, 2.75) is 341 Å². The molecule has 596 valence electrons. The molecule has 0 heterocycles. The van der Waals surface area contributed by atoms with E-state index in [9.17, 15) is 43.2 Å². The number of phosphoric ester groups is 2. The molecule has 0 saturated carbocycles. The maximum Gasteiger partial charge on any atom is 0.472 e. The van der Waals surface area contributed by atoms with Crippen LogP contribution >= 0.6 is 15.6 Å². The van der Waals surface area contributed by atoms with E-state index in [1.54, 1.807) is 0 Å². The van der Waals surface area contributed by atoms with Gasteiger partial charge in [0.15, 0.2) is 12.2 Å². The van der Waals surface area contributed by atoms with Gasteiger partial charge in [-0.05, 0) is 154 Å². The first kappa shape index (κ1) is 99.2. The standard InChI is InChI=1S/C85H144O17P2/c1-5-9-13-17-21-25-29-33-36-38-39-41-44-47-50-54-58-62-66-70-83(88)96-76-81(102-85(90)72-68-64-60-56-52-48-42-35-31-27-23-19-15-11-7-3)78-100-104(93,94)98-74-79(86)73-97-103(91,92)99-77-80(101-84(89)71-67-63-59-55-51-45-32-28-24-20-16-12-8-4)75-95-82(87)69-65-61-57-53-49-46-43-40-37-34-30-26-22-18-14-10-6-2/h9-11,13-15,21-23,25-28,32-37,39,41-42,79-81,86H,5-8,12,16-20,24,29-31,38,40,43-78H2,1-4H3,(H,91,92)(H,93,94)/b13-9-,14-10-,15-11-,25-21-,26-22-,27-23-,32-28-,36-33-,37-34-,41-39-,42-35-. The number of unbranched alkanes of at least 4 members (excludes halogenated alkanes) is 27. The van der Waals surface area contributed by atoms with Gasteiger partial charge in [0.1, 0.15) is 19.3 Å². The zero-order valence-corrected chi connectivity index (χ0v) is 66.9. The van der Waals surface area contributed by atoms with E-state index in [2.05, 4.69) is 161 Å². The highest BCUT2D eigenvalue weighted by molar-refractivity contribution is 7.47. The molecule has 0 amide bonds. The first-order valence-electron chi connectivity index (χ1n) is 40.4. The lowest BCUT2D eigenvalue weighted by Gasteiger charge is -2.21. The van der Waals surface area contributed by atoms with Gasteiger partial charge < -0.3 is 33.8 Å². The third-order valence-corrected chi connectivity index (χ3v) is 18.5. The molecule has 17 nitrogen and oxygen atoms in total. The van der Waals surface area contributed by atoms with Gasteiger partial charge in [-0.1, -0.05) is 277 Å². The normalized spacial score (nSPS) is 14.6. The molecule has 0 aliphatic heterocycles. The smallest absolute Gasteiger partial charge is 0.462 e. The minimum absolute atomic E-state index is 0.0690. The predicted octanol–water partition coefficient (Wildman–Crippen LogP) is 23.7. The number of esters is 4. The van der Waals surface area contributed by atoms with Crippen LogP contribution in [0.25, 0.3) is 0 Å². The van der Waals surface area contributed by atoms with Crippen LogP contribution in [0.4, 0.5) is 0 Å². The first-order chi connectivity index (χ1) is 50.7. The molecule has 0 aliphatic carbocycles. The summed E-state index contributed by atoms with van der Waals surface area (Å²) in [7, 11) is -9.97. The molecule has 104 heavy (non-hydrogen) atoms. The van der Waals surface area contributed by atoms with Crippen LogP contribution in [-0.2, 0) is 65.4 Å². The Morgan fingerprint density at radius 3 is 0.779 bits per heavy atom. The van der Waals surface area contributed by atoms with Crippen LogP contribution in [0, 0.1) is 0 Å². The van der Waals surface area contributed by atoms with Gasteiger partial charge in [-0.25, -0.2) is 9.13 Å². The Bertz CT molecular complexity index is 2490. The number of rotatable bonds is 75. The lowest BCUT2D eigenvalue weighted by atomic mass is 10.1. The molecule has 0 rings (SSSR count). The van der Waals surface area contributed by atoms with E-state index in [1.165, 1.54) is 25.7 Å². The molecular weight excluding hydrogens is 1350 g/mol. The molecule has 19 heteroatoms. The maximum absolute atomic E-state index is 13.1. The summed E-state index contributed by atoms with van der Waals surface area (Å²) in [5, 5.41) is 10.6. The van der Waals surface area contributed by atoms with E-state index in [1.807, 2.05) is 0 Å². The Morgan fingerprint density at radius 2 is 0.500 bits per heavy atom. The van der Waals surface area contributed by atoms with Crippen molar-refractivity contribution in [1.29, 1.82) is 0 Å². The number of hydrogen-bond acceptors (Lipinski definition) is 15. The maximum atomic E-state index is 13.1. The number of phosphoric acid groups is 2. The zero-order chi connectivity index (χ0) is 76.0. The number of aliphatic hydroxyl groups excluding tert-OH is 1. The van der Waals surface area contributed by atoms with Crippen molar-refractivity contribution in [1.82, 2.24) is 0 Å². The van der Waals surface area contributed by atoms with Crippen molar-refractivity contribution in [2.24, 2.45) is 0 Å². The van der Waals surface area contributed by atoms with Gasteiger partial charge in [0.2, 0.25) is 0 Å². The average molecular weight is 1500 g/mol. The molecule has 0 spiro atoms. The Morgan fingerprint density at radius 1 is 0.279 bits per heavy atom. The van der Waals surface area contributed by atoms with Crippen LogP contribution in [0.2, 0.25) is 0 Å². The van der Waals surface area contributed by atoms with Crippen molar-refractivity contribution >= 4 is 39.5 Å². The fraction of sp³-hybridized carbons (Fsp3) is 0.694. The summed E-state index contributed by atoms with van der Waals surface area (Å²) in [5.41, 5.74) is 0. The topological polar surface area (TPSA) is 237 Å². The monoisotopic (exact) mass is 1500 g/mol. The summed E-state index contributed by atoms with van der Waals surface area (Å²) in [6.07, 6.45) is 85.6. The second-order valence-corrected chi connectivity index (χ2v) is 29.5. The molecule has 0 bridgehead atoms. The van der Waals surface area contributed by atoms with Gasteiger partial charge >= 0.3 is 39.5 Å². The second-order valence-electron chi connectivity index (χ2n) is 26.6. The molecule has 0 fully saturated rings. The number of allylic oxidation sites excluding steroid dienone is 22. The largest absolute Gasteiger partial charge is 0.472 e. The molecular formula is C85H144O17P2. The molecule has 0 aromatic carbocycles. The molecule has 0 radical (unpaired) electrons. The molecule has 0 saturated heterocycles. The van der Waals surface area contributed by atoms with E-state index in [-0.39, 0.29) is 25.7 Å². The molecule has 5 unspecified atom stereocenters. The Labute approximate surface area is 631 Å². The van der Waals surface area contributed by atoms with Gasteiger partial charge in [0, 0.05) is 25.7 Å². The average Bonchev–Trinajstić information content (AvgIpc) is 0.911. The third-order valence-electron chi connectivity index (χ3n) is 16.6. The van der Waals surface area contributed by atoms with Crippen molar-refractivity contribution in [3.8, 4) is 0 Å². The van der Waals surface area contributed by atoms with Crippen LogP contribution in [0.3, 0.4) is 0 Å². The highest BCUT2D eigenvalue weighted by atomic mass is 31.2. The second kappa shape index (κ2) is 76.4. The number of ether oxygens (including phenoxy) is 4. The van der Waals surface area contributed by atoms with Crippen molar-refractivity contribution in [3.05, 3.63) is 134 Å². The van der Waals surface area contributed by atoms with Crippen LogP contribution in [0.5, 0.6) is 0 Å². The number of carbonyl (C=O) groups excluding carboxylic acids is 4. The first-order valence-corrected chi connectivity index (χ1v) is 43.4. The van der Waals surface area contributed by atoms with E-state index < -0.39 is 97.5 Å². The lowest BCUT2D eigenvalue weighted by molar-refractivity contribution is -0.161. The minimum atomic E-state index is -4.99. The zero-order valence-electron chi connectivity index (χ0n) is 65.2. The van der Waals surface area contributed by atoms with Crippen LogP contribution < -0.4 is 0 Å². The highest BCUT2D eigenvalue weighted by Gasteiger charge is 2.30. The molecule has 0 aromatic heterocycles. The summed E-state index contributed by atoms with van der Waals surface area (Å²) < 4.78 is 68.6. The Kier molecular flexibility index (Phi) is 72.9. The van der Waals surface area contributed by atoms with Crippen molar-refractivity contribution in [3.63, 3.8) is 0 Å². The van der Waals surface area contributed by atoms with E-state index in [0.717, 1.165) is 218 Å². The molecule has 0 aliphatic rings. The molecule has 5 atom stereocenters. The highest BCUT2D eigenvalue weighted by Crippen LogP contribution is 2.45. The Hall–Kier alpha value is -4.80. The van der Waals surface area contributed by atoms with Crippen molar-refractivity contribution < 1.29 is 80.2 Å². The summed E-state index contributed by atoms with van der Waals surface area (Å²) >= 11 is 0. The predicted molar refractivity (Wildman–Crippen MR) is 427 cm³/mol. The van der Waals surface area contributed by atoms with E-state index >= 15 is 0 Å². The quantitative estimate of drug-likeness (QED) is 0.0169.